The number of aromatic nitrogens is 3. The molecule has 100 valence electrons. The van der Waals surface area contributed by atoms with Crippen molar-refractivity contribution in [2.24, 2.45) is 0 Å². The first-order valence-corrected chi connectivity index (χ1v) is 6.70. The van der Waals surface area contributed by atoms with Gasteiger partial charge in [0.25, 0.3) is 0 Å². The summed E-state index contributed by atoms with van der Waals surface area (Å²) in [6, 6.07) is 5.21. The molecular formula is C13H15ClN4O. The minimum atomic E-state index is 0.372. The fraction of sp³-hybridized carbons (Fsp3) is 0.385. The van der Waals surface area contributed by atoms with E-state index in [1.54, 1.807) is 18.2 Å². The van der Waals surface area contributed by atoms with Crippen molar-refractivity contribution >= 4 is 17.3 Å². The maximum atomic E-state index is 6.07. The number of halogens is 1. The molecule has 0 spiro atoms. The van der Waals surface area contributed by atoms with Crippen LogP contribution in [0, 0.1) is 0 Å². The molecule has 1 aliphatic rings. The molecule has 0 aliphatic carbocycles. The van der Waals surface area contributed by atoms with Crippen LogP contribution in [-0.4, -0.2) is 14.8 Å². The zero-order chi connectivity index (χ0) is 13.2. The lowest BCUT2D eigenvalue weighted by atomic mass is 10.2. The van der Waals surface area contributed by atoms with Crippen molar-refractivity contribution in [1.29, 1.82) is 0 Å². The van der Waals surface area contributed by atoms with Gasteiger partial charge in [0.05, 0.1) is 5.02 Å². The highest BCUT2D eigenvalue weighted by atomic mass is 35.5. The minimum absolute atomic E-state index is 0.372. The first-order valence-electron chi connectivity index (χ1n) is 6.33. The molecule has 2 heterocycles. The monoisotopic (exact) mass is 278 g/mol. The second kappa shape index (κ2) is 5.09. The van der Waals surface area contributed by atoms with E-state index in [9.17, 15) is 0 Å². The molecule has 5 nitrogen and oxygen atoms in total. The summed E-state index contributed by atoms with van der Waals surface area (Å²) < 4.78 is 7.83. The number of nitrogen functional groups attached to an aromatic ring is 1. The number of rotatable bonds is 3. The van der Waals surface area contributed by atoms with E-state index in [-0.39, 0.29) is 0 Å². The quantitative estimate of drug-likeness (QED) is 0.876. The van der Waals surface area contributed by atoms with Crippen LogP contribution in [0.4, 0.5) is 5.69 Å². The molecule has 1 aromatic heterocycles. The summed E-state index contributed by atoms with van der Waals surface area (Å²) >= 11 is 6.07. The van der Waals surface area contributed by atoms with Crippen LogP contribution in [-0.2, 0) is 19.6 Å². The van der Waals surface area contributed by atoms with Crippen molar-refractivity contribution in [3.63, 3.8) is 0 Å². The van der Waals surface area contributed by atoms with E-state index in [0.717, 1.165) is 24.6 Å². The molecule has 19 heavy (non-hydrogen) atoms. The van der Waals surface area contributed by atoms with Crippen molar-refractivity contribution in [3.05, 3.63) is 34.9 Å². The topological polar surface area (TPSA) is 66.0 Å². The Hall–Kier alpha value is -1.75. The van der Waals surface area contributed by atoms with Gasteiger partial charge in [-0.2, -0.15) is 0 Å². The van der Waals surface area contributed by atoms with Crippen LogP contribution in [0.25, 0.3) is 0 Å². The van der Waals surface area contributed by atoms with Gasteiger partial charge >= 0.3 is 0 Å². The van der Waals surface area contributed by atoms with E-state index in [1.807, 2.05) is 0 Å². The van der Waals surface area contributed by atoms with Crippen molar-refractivity contribution < 1.29 is 4.74 Å². The third-order valence-electron chi connectivity index (χ3n) is 3.25. The van der Waals surface area contributed by atoms with Gasteiger partial charge in [-0.3, -0.25) is 0 Å². The first kappa shape index (κ1) is 12.3. The predicted octanol–water partition coefficient (Wildman–Crippen LogP) is 2.43. The fourth-order valence-corrected chi connectivity index (χ4v) is 2.50. The Morgan fingerprint density at radius 1 is 1.32 bits per heavy atom. The second-order valence-electron chi connectivity index (χ2n) is 4.62. The molecule has 0 fully saturated rings. The molecule has 1 aliphatic heterocycles. The van der Waals surface area contributed by atoms with Crippen molar-refractivity contribution in [2.45, 2.75) is 32.4 Å². The number of benzene rings is 1. The number of aryl methyl sites for hydroxylation is 1. The minimum Gasteiger partial charge on any atom is -0.484 e. The Bertz CT molecular complexity index is 596. The number of hydrogen-bond donors (Lipinski definition) is 1. The summed E-state index contributed by atoms with van der Waals surface area (Å²) in [5, 5.41) is 8.88. The highest BCUT2D eigenvalue weighted by Gasteiger charge is 2.16. The summed E-state index contributed by atoms with van der Waals surface area (Å²) in [6.07, 6.45) is 3.35. The highest BCUT2D eigenvalue weighted by Crippen LogP contribution is 2.27. The molecule has 0 amide bonds. The van der Waals surface area contributed by atoms with Gasteiger partial charge in [-0.1, -0.05) is 11.6 Å². The molecule has 2 aromatic rings. The van der Waals surface area contributed by atoms with Gasteiger partial charge < -0.3 is 15.0 Å². The molecule has 3 rings (SSSR count). The van der Waals surface area contributed by atoms with Gasteiger partial charge in [-0.05, 0) is 31.0 Å². The van der Waals surface area contributed by atoms with Gasteiger partial charge in [-0.25, -0.2) is 0 Å². The molecular weight excluding hydrogens is 264 g/mol. The summed E-state index contributed by atoms with van der Waals surface area (Å²) in [5.74, 6) is 2.51. The van der Waals surface area contributed by atoms with Gasteiger partial charge in [0.15, 0.2) is 5.82 Å². The van der Waals surface area contributed by atoms with Crippen LogP contribution in [0.5, 0.6) is 5.75 Å². The maximum absolute atomic E-state index is 6.07. The van der Waals surface area contributed by atoms with Gasteiger partial charge in [-0.15, -0.1) is 10.2 Å². The van der Waals surface area contributed by atoms with Gasteiger partial charge in [0.1, 0.15) is 18.2 Å². The van der Waals surface area contributed by atoms with Gasteiger partial charge in [0, 0.05) is 18.7 Å². The van der Waals surface area contributed by atoms with Crippen molar-refractivity contribution in [2.75, 3.05) is 5.73 Å². The van der Waals surface area contributed by atoms with Crippen LogP contribution >= 0.6 is 11.6 Å². The van der Waals surface area contributed by atoms with Crippen LogP contribution in [0.3, 0.4) is 0 Å². The van der Waals surface area contributed by atoms with Crippen LogP contribution in [0.15, 0.2) is 18.2 Å². The van der Waals surface area contributed by atoms with Crippen molar-refractivity contribution in [3.8, 4) is 5.75 Å². The van der Waals surface area contributed by atoms with E-state index >= 15 is 0 Å². The smallest absolute Gasteiger partial charge is 0.171 e. The highest BCUT2D eigenvalue weighted by molar-refractivity contribution is 6.32. The fourth-order valence-electron chi connectivity index (χ4n) is 2.25. The first-order chi connectivity index (χ1) is 9.24. The number of nitrogens with two attached hydrogens (primary N) is 1. The molecule has 0 bridgehead atoms. The Balaban J connectivity index is 1.74. The maximum Gasteiger partial charge on any atom is 0.171 e. The third kappa shape index (κ3) is 2.51. The largest absolute Gasteiger partial charge is 0.484 e. The molecule has 0 saturated heterocycles. The lowest BCUT2D eigenvalue weighted by Gasteiger charge is -2.15. The molecule has 2 N–H and O–H groups in total. The SMILES string of the molecule is Nc1ccc(OCc2nnc3n2CCCC3)c(Cl)c1. The zero-order valence-electron chi connectivity index (χ0n) is 10.5. The summed E-state index contributed by atoms with van der Waals surface area (Å²) in [4.78, 5) is 0. The summed E-state index contributed by atoms with van der Waals surface area (Å²) in [5.41, 5.74) is 6.27. The third-order valence-corrected chi connectivity index (χ3v) is 3.54. The van der Waals surface area contributed by atoms with E-state index in [4.69, 9.17) is 22.1 Å². The number of fused-ring (bicyclic) bond motifs is 1. The van der Waals surface area contributed by atoms with E-state index < -0.39 is 0 Å². The molecule has 1 aromatic carbocycles. The molecule has 0 saturated carbocycles. The number of ether oxygens (including phenoxy) is 1. The summed E-state index contributed by atoms with van der Waals surface area (Å²) in [6.45, 7) is 1.34. The summed E-state index contributed by atoms with van der Waals surface area (Å²) in [7, 11) is 0. The lowest BCUT2D eigenvalue weighted by molar-refractivity contribution is 0.286. The molecule has 0 unspecified atom stereocenters. The average Bonchev–Trinajstić information content (AvgIpc) is 2.81. The number of hydrogen-bond acceptors (Lipinski definition) is 4. The Morgan fingerprint density at radius 2 is 2.21 bits per heavy atom. The second-order valence-corrected chi connectivity index (χ2v) is 5.03. The van der Waals surface area contributed by atoms with Crippen LogP contribution < -0.4 is 10.5 Å². The van der Waals surface area contributed by atoms with Crippen molar-refractivity contribution in [1.82, 2.24) is 14.8 Å². The van der Waals surface area contributed by atoms with Crippen LogP contribution in [0.1, 0.15) is 24.5 Å². The molecule has 0 atom stereocenters. The Labute approximate surface area is 116 Å². The van der Waals surface area contributed by atoms with Gasteiger partial charge in [0.2, 0.25) is 0 Å². The molecule has 0 radical (unpaired) electrons. The molecule has 6 heteroatoms. The van der Waals surface area contributed by atoms with E-state index in [0.29, 0.717) is 23.1 Å². The van der Waals surface area contributed by atoms with E-state index in [1.165, 1.54) is 12.8 Å². The zero-order valence-corrected chi connectivity index (χ0v) is 11.2. The number of nitrogens with zero attached hydrogens (tertiary/aromatic N) is 3. The standard InChI is InChI=1S/C13H15ClN4O/c14-10-7-9(15)4-5-11(10)19-8-13-17-16-12-3-1-2-6-18(12)13/h4-5,7H,1-3,6,8,15H2. The normalized spacial score (nSPS) is 14.2. The average molecular weight is 279 g/mol. The predicted molar refractivity (Wildman–Crippen MR) is 73.2 cm³/mol. The Kier molecular flexibility index (Phi) is 3.29. The number of anilines is 1. The van der Waals surface area contributed by atoms with E-state index in [2.05, 4.69) is 14.8 Å². The van der Waals surface area contributed by atoms with Crippen LogP contribution in [0.2, 0.25) is 5.02 Å². The lowest BCUT2D eigenvalue weighted by Crippen LogP contribution is -2.14. The Morgan fingerprint density at radius 3 is 3.05 bits per heavy atom.